The van der Waals surface area contributed by atoms with Gasteiger partial charge in [0, 0.05) is 0 Å². The van der Waals surface area contributed by atoms with Gasteiger partial charge >= 0.3 is 0 Å². The summed E-state index contributed by atoms with van der Waals surface area (Å²) in [5.74, 6) is 0. The van der Waals surface area contributed by atoms with E-state index in [4.69, 9.17) is 0 Å². The van der Waals surface area contributed by atoms with E-state index in [2.05, 4.69) is 58.9 Å². The summed E-state index contributed by atoms with van der Waals surface area (Å²) in [4.78, 5) is 0. The van der Waals surface area contributed by atoms with E-state index >= 15 is 0 Å². The van der Waals surface area contributed by atoms with Gasteiger partial charge in [-0.3, -0.25) is 0 Å². The topological polar surface area (TPSA) is 0 Å². The highest BCUT2D eigenvalue weighted by Gasteiger charge is 2.41. The van der Waals surface area contributed by atoms with Crippen molar-refractivity contribution in [1.82, 2.24) is 0 Å². The molecule has 0 spiro atoms. The van der Waals surface area contributed by atoms with Gasteiger partial charge in [0.25, 0.3) is 15.2 Å². The molecule has 0 N–H and O–H groups in total. The van der Waals surface area contributed by atoms with Crippen LogP contribution in [0.3, 0.4) is 0 Å². The second-order valence-corrected chi connectivity index (χ2v) is 11.4. The van der Waals surface area contributed by atoms with Gasteiger partial charge in [-0.05, 0) is 15.6 Å². The smallest absolute Gasteiger partial charge is 0.117 e. The van der Waals surface area contributed by atoms with E-state index in [1.165, 1.54) is 5.28 Å². The van der Waals surface area contributed by atoms with Crippen LogP contribution in [-0.2, 0) is 0 Å². The van der Waals surface area contributed by atoms with Crippen LogP contribution in [0.15, 0.2) is 24.3 Å². The fourth-order valence-corrected chi connectivity index (χ4v) is 9.61. The number of hydrogen-bond donors (Lipinski definition) is 0. The monoisotopic (exact) mass is 247 g/mol. The van der Waals surface area contributed by atoms with Gasteiger partial charge in [-0.15, -0.1) is 4.43 Å². The van der Waals surface area contributed by atoms with Crippen LogP contribution in [0, 0.1) is 0 Å². The van der Waals surface area contributed by atoms with Gasteiger partial charge in [-0.2, -0.15) is 0 Å². The highest BCUT2D eigenvalue weighted by molar-refractivity contribution is 7.69. The standard InChI is InChI=1S/C14H21P.Al/c1-13(2,3)15(14(4,5)6)12-10-8-7-9-11-12;/h7-10H,1H2,2-6H3;. The van der Waals surface area contributed by atoms with Crippen LogP contribution >= 0.6 is 7.92 Å². The molecule has 1 radical (unpaired) electrons. The molecular formula is C14H21AlP. The third-order valence-electron chi connectivity index (χ3n) is 3.28. The fourth-order valence-electron chi connectivity index (χ4n) is 2.91. The molecular weight excluding hydrogens is 226 g/mol. The Bertz CT molecular complexity index is 390. The lowest BCUT2D eigenvalue weighted by Gasteiger charge is -2.48. The molecule has 0 saturated carbocycles. The summed E-state index contributed by atoms with van der Waals surface area (Å²) in [6.07, 6.45) is 0. The van der Waals surface area contributed by atoms with E-state index in [0.29, 0.717) is 25.5 Å². The van der Waals surface area contributed by atoms with Gasteiger partial charge in [0.05, 0.1) is 0 Å². The molecule has 0 fully saturated rings. The minimum absolute atomic E-state index is 0.0511. The first-order valence-electron chi connectivity index (χ1n) is 6.05. The minimum atomic E-state index is -0.0511. The third kappa shape index (κ3) is 2.24. The lowest BCUT2D eigenvalue weighted by molar-refractivity contribution is 0.711. The zero-order valence-electron chi connectivity index (χ0n) is 11.0. The summed E-state index contributed by atoms with van der Waals surface area (Å²) in [6.45, 7) is 12.2. The molecule has 1 atom stereocenters. The number of fused-ring (bicyclic) bond motifs is 1. The molecule has 1 aliphatic rings. The van der Waals surface area contributed by atoms with E-state index in [1.807, 2.05) is 0 Å². The molecule has 2 heteroatoms. The SMILES string of the molecule is CC(C)(C)P1c2cccc[c]2[Al][CH2]C1(C)C. The number of rotatable bonds is 0. The van der Waals surface area contributed by atoms with E-state index in [1.54, 1.807) is 9.73 Å². The van der Waals surface area contributed by atoms with Crippen LogP contribution in [0.2, 0.25) is 5.28 Å². The van der Waals surface area contributed by atoms with Gasteiger partial charge in [-0.25, -0.2) is 0 Å². The van der Waals surface area contributed by atoms with Crippen molar-refractivity contribution >= 4 is 32.9 Å². The molecule has 0 saturated heterocycles. The zero-order valence-corrected chi connectivity index (χ0v) is 13.1. The first-order chi connectivity index (χ1) is 7.32. The maximum Gasteiger partial charge on any atom is 0.252 e. The highest BCUT2D eigenvalue weighted by Crippen LogP contribution is 2.60. The minimum Gasteiger partial charge on any atom is -0.117 e. The lowest BCUT2D eigenvalue weighted by atomic mass is 10.2. The molecule has 0 aromatic heterocycles. The largest absolute Gasteiger partial charge is 0.252 e. The normalized spacial score (nSPS) is 23.4. The van der Waals surface area contributed by atoms with Crippen LogP contribution in [0.5, 0.6) is 0 Å². The van der Waals surface area contributed by atoms with Crippen molar-refractivity contribution in [2.75, 3.05) is 0 Å². The predicted octanol–water partition coefficient (Wildman–Crippen LogP) is 3.13. The summed E-state index contributed by atoms with van der Waals surface area (Å²) in [6, 6.07) is 9.18. The van der Waals surface area contributed by atoms with Crippen molar-refractivity contribution in [3.63, 3.8) is 0 Å². The molecule has 1 aliphatic heterocycles. The Morgan fingerprint density at radius 1 is 1.19 bits per heavy atom. The van der Waals surface area contributed by atoms with Crippen LogP contribution in [0.25, 0.3) is 0 Å². The second kappa shape index (κ2) is 4.13. The summed E-state index contributed by atoms with van der Waals surface area (Å²) in [5.41, 5.74) is 0. The molecule has 85 valence electrons. The Kier molecular flexibility index (Phi) is 3.26. The highest BCUT2D eigenvalue weighted by atomic mass is 31.1. The Balaban J connectivity index is 2.54. The molecule has 1 aromatic carbocycles. The Morgan fingerprint density at radius 2 is 1.81 bits per heavy atom. The third-order valence-corrected chi connectivity index (χ3v) is 9.65. The predicted molar refractivity (Wildman–Crippen MR) is 77.0 cm³/mol. The maximum atomic E-state index is 2.48. The van der Waals surface area contributed by atoms with Crippen LogP contribution < -0.4 is 9.73 Å². The van der Waals surface area contributed by atoms with Crippen molar-refractivity contribution < 1.29 is 0 Å². The second-order valence-electron chi connectivity index (χ2n) is 6.29. The van der Waals surface area contributed by atoms with Crippen LogP contribution in [0.1, 0.15) is 34.6 Å². The first-order valence-corrected chi connectivity index (χ1v) is 8.78. The number of hydrogen-bond acceptors (Lipinski definition) is 0. The van der Waals surface area contributed by atoms with E-state index < -0.39 is 0 Å². The average molecular weight is 247 g/mol. The van der Waals surface area contributed by atoms with Crippen molar-refractivity contribution in [2.45, 2.75) is 50.2 Å². The van der Waals surface area contributed by atoms with Gasteiger partial charge in [-0.1, -0.05) is 72.1 Å². The average Bonchev–Trinajstić information content (AvgIpc) is 2.14. The fraction of sp³-hybridized carbons (Fsp3) is 0.571. The zero-order chi connectivity index (χ0) is 12.0. The summed E-state index contributed by atoms with van der Waals surface area (Å²) < 4.78 is 1.68. The van der Waals surface area contributed by atoms with Crippen LogP contribution in [0.4, 0.5) is 0 Å². The number of benzene rings is 1. The van der Waals surface area contributed by atoms with Gasteiger partial charge < -0.3 is 0 Å². The molecule has 0 amide bonds. The van der Waals surface area contributed by atoms with Crippen LogP contribution in [-0.4, -0.2) is 25.5 Å². The summed E-state index contributed by atoms with van der Waals surface area (Å²) in [5, 5.41) is 4.07. The van der Waals surface area contributed by atoms with Crippen molar-refractivity contribution in [1.29, 1.82) is 0 Å². The molecule has 1 unspecified atom stereocenters. The Morgan fingerprint density at radius 3 is 2.44 bits per heavy atom. The molecule has 16 heavy (non-hydrogen) atoms. The summed E-state index contributed by atoms with van der Waals surface area (Å²) >= 11 is 0.492. The molecule has 0 nitrogen and oxygen atoms in total. The van der Waals surface area contributed by atoms with Crippen molar-refractivity contribution in [3.8, 4) is 0 Å². The van der Waals surface area contributed by atoms with Crippen molar-refractivity contribution in [3.05, 3.63) is 24.3 Å². The Hall–Kier alpha value is 0.182. The molecule has 1 heterocycles. The summed E-state index contributed by atoms with van der Waals surface area (Å²) in [7, 11) is -0.0511. The van der Waals surface area contributed by atoms with Gasteiger partial charge in [0.2, 0.25) is 0 Å². The van der Waals surface area contributed by atoms with E-state index in [9.17, 15) is 0 Å². The van der Waals surface area contributed by atoms with Gasteiger partial charge in [0.15, 0.2) is 0 Å². The van der Waals surface area contributed by atoms with Crippen molar-refractivity contribution in [2.24, 2.45) is 0 Å². The molecule has 0 aliphatic carbocycles. The Labute approximate surface area is 107 Å². The van der Waals surface area contributed by atoms with Gasteiger partial charge in [0.1, 0.15) is 0 Å². The molecule has 2 rings (SSSR count). The first kappa shape index (κ1) is 12.6. The quantitative estimate of drug-likeness (QED) is 0.488. The lowest BCUT2D eigenvalue weighted by Crippen LogP contribution is -2.47. The molecule has 1 aromatic rings. The molecule has 0 bridgehead atoms. The van der Waals surface area contributed by atoms with E-state index in [0.717, 1.165) is 0 Å². The maximum absolute atomic E-state index is 2.48. The van der Waals surface area contributed by atoms with E-state index in [-0.39, 0.29) is 7.92 Å².